The van der Waals surface area contributed by atoms with Gasteiger partial charge < -0.3 is 11.1 Å². The first-order chi connectivity index (χ1) is 8.34. The lowest BCUT2D eigenvalue weighted by Crippen LogP contribution is -2.24. The second-order valence-corrected chi connectivity index (χ2v) is 4.51. The van der Waals surface area contributed by atoms with Gasteiger partial charge in [-0.2, -0.15) is 13.2 Å². The molecule has 0 aliphatic carbocycles. The number of anilines is 1. The molecule has 0 heterocycles. The summed E-state index contributed by atoms with van der Waals surface area (Å²) in [6.07, 6.45) is -4.41. The number of rotatable bonds is 4. The summed E-state index contributed by atoms with van der Waals surface area (Å²) >= 11 is 1.11. The smallest absolute Gasteiger partial charge is 0.398 e. The molecule has 0 aliphatic heterocycles. The summed E-state index contributed by atoms with van der Waals surface area (Å²) in [5.74, 6) is -0.0505. The van der Waals surface area contributed by atoms with Gasteiger partial charge in [0, 0.05) is 17.1 Å². The van der Waals surface area contributed by atoms with Crippen molar-refractivity contribution in [2.75, 3.05) is 18.0 Å². The van der Waals surface area contributed by atoms with Crippen LogP contribution in [0.4, 0.5) is 18.9 Å². The number of alkyl halides is 3. The lowest BCUT2D eigenvalue weighted by molar-refractivity contribution is -0.137. The number of nitrogens with two attached hydrogens (primary N) is 1. The molecule has 0 saturated carbocycles. The number of hydrogen-bond donors (Lipinski definition) is 2. The van der Waals surface area contributed by atoms with Crippen LogP contribution in [-0.2, 0) is 11.0 Å². The van der Waals surface area contributed by atoms with Crippen molar-refractivity contribution >= 4 is 23.4 Å². The predicted octanol–water partition coefficient (Wildman–Crippen LogP) is 2.52. The summed E-state index contributed by atoms with van der Waals surface area (Å²) in [6.45, 7) is 2.30. The zero-order valence-electron chi connectivity index (χ0n) is 9.67. The molecule has 0 unspecified atom stereocenters. The number of hydrogen-bond acceptors (Lipinski definition) is 3. The molecule has 3 nitrogen and oxygen atoms in total. The molecule has 3 N–H and O–H groups in total. The van der Waals surface area contributed by atoms with Crippen LogP contribution in [0.5, 0.6) is 0 Å². The van der Waals surface area contributed by atoms with Gasteiger partial charge in [-0.3, -0.25) is 4.79 Å². The number of nitrogen functional groups attached to an aromatic ring is 1. The lowest BCUT2D eigenvalue weighted by Gasteiger charge is -2.10. The monoisotopic (exact) mass is 278 g/mol. The third kappa shape index (κ3) is 4.14. The number of carbonyl (C=O) groups is 1. The Bertz CT molecular complexity index is 435. The molecule has 1 amide bonds. The Morgan fingerprint density at radius 2 is 2.11 bits per heavy atom. The topological polar surface area (TPSA) is 55.1 Å². The van der Waals surface area contributed by atoms with Crippen molar-refractivity contribution in [2.45, 2.75) is 18.0 Å². The molecule has 18 heavy (non-hydrogen) atoms. The fraction of sp³-hybridized carbons (Fsp3) is 0.364. The molecule has 0 aliphatic rings. The Morgan fingerprint density at radius 3 is 2.61 bits per heavy atom. The van der Waals surface area contributed by atoms with Crippen LogP contribution in [0, 0.1) is 0 Å². The molecule has 0 spiro atoms. The number of carbonyl (C=O) groups excluding carboxylic acids is 1. The molecule has 0 fully saturated rings. The van der Waals surface area contributed by atoms with Gasteiger partial charge in [-0.1, -0.05) is 0 Å². The zero-order valence-corrected chi connectivity index (χ0v) is 10.5. The normalized spacial score (nSPS) is 11.3. The average Bonchev–Trinajstić information content (AvgIpc) is 2.26. The van der Waals surface area contributed by atoms with E-state index in [1.54, 1.807) is 6.92 Å². The van der Waals surface area contributed by atoms with Crippen molar-refractivity contribution in [1.82, 2.24) is 5.32 Å². The maximum absolute atomic E-state index is 12.4. The standard InChI is InChI=1S/C11H13F3N2OS/c1-2-16-10(17)6-18-9-4-3-7(5-8(9)15)11(12,13)14/h3-5H,2,6,15H2,1H3,(H,16,17). The predicted molar refractivity (Wildman–Crippen MR) is 65.3 cm³/mol. The Balaban J connectivity index is 2.72. The first-order valence-corrected chi connectivity index (χ1v) is 6.19. The summed E-state index contributed by atoms with van der Waals surface area (Å²) < 4.78 is 37.2. The molecule has 0 aromatic heterocycles. The molecule has 0 saturated heterocycles. The number of benzene rings is 1. The minimum Gasteiger partial charge on any atom is -0.398 e. The average molecular weight is 278 g/mol. The van der Waals surface area contributed by atoms with E-state index in [1.807, 2.05) is 0 Å². The van der Waals surface area contributed by atoms with Gasteiger partial charge in [0.05, 0.1) is 11.3 Å². The summed E-state index contributed by atoms with van der Waals surface area (Å²) in [7, 11) is 0. The first-order valence-electron chi connectivity index (χ1n) is 5.20. The lowest BCUT2D eigenvalue weighted by atomic mass is 10.2. The van der Waals surface area contributed by atoms with Gasteiger partial charge in [0.2, 0.25) is 5.91 Å². The van der Waals surface area contributed by atoms with Crippen LogP contribution in [0.3, 0.4) is 0 Å². The van der Waals surface area contributed by atoms with Crippen molar-refractivity contribution in [3.63, 3.8) is 0 Å². The Morgan fingerprint density at radius 1 is 1.44 bits per heavy atom. The van der Waals surface area contributed by atoms with E-state index >= 15 is 0 Å². The van der Waals surface area contributed by atoms with E-state index in [0.29, 0.717) is 11.4 Å². The highest BCUT2D eigenvalue weighted by Gasteiger charge is 2.30. The number of halogens is 3. The van der Waals surface area contributed by atoms with Crippen LogP contribution in [-0.4, -0.2) is 18.2 Å². The van der Waals surface area contributed by atoms with Gasteiger partial charge in [0.15, 0.2) is 0 Å². The van der Waals surface area contributed by atoms with Crippen LogP contribution >= 0.6 is 11.8 Å². The zero-order chi connectivity index (χ0) is 13.8. The molecule has 0 radical (unpaired) electrons. The number of amides is 1. The van der Waals surface area contributed by atoms with Crippen LogP contribution in [0.15, 0.2) is 23.1 Å². The second kappa shape index (κ2) is 5.99. The Labute approximate surface area is 107 Å². The van der Waals surface area contributed by atoms with Crippen molar-refractivity contribution in [3.8, 4) is 0 Å². The molecule has 100 valence electrons. The third-order valence-corrected chi connectivity index (χ3v) is 3.16. The summed E-state index contributed by atoms with van der Waals surface area (Å²) in [4.78, 5) is 11.7. The highest BCUT2D eigenvalue weighted by molar-refractivity contribution is 8.00. The van der Waals surface area contributed by atoms with Gasteiger partial charge in [-0.05, 0) is 25.1 Å². The highest BCUT2D eigenvalue weighted by Crippen LogP contribution is 2.34. The van der Waals surface area contributed by atoms with E-state index in [4.69, 9.17) is 5.73 Å². The van der Waals surface area contributed by atoms with Crippen LogP contribution < -0.4 is 11.1 Å². The molecular weight excluding hydrogens is 265 g/mol. The van der Waals surface area contributed by atoms with E-state index in [0.717, 1.165) is 23.9 Å². The number of thioether (sulfide) groups is 1. The molecule has 0 bridgehead atoms. The third-order valence-electron chi connectivity index (χ3n) is 2.07. The minimum absolute atomic E-state index is 0.0270. The van der Waals surface area contributed by atoms with Crippen LogP contribution in [0.25, 0.3) is 0 Å². The fourth-order valence-corrected chi connectivity index (χ4v) is 2.03. The van der Waals surface area contributed by atoms with Gasteiger partial charge in [-0.15, -0.1) is 11.8 Å². The molecule has 1 rings (SSSR count). The Kier molecular flexibility index (Phi) is 4.89. The summed E-state index contributed by atoms with van der Waals surface area (Å²) in [5.41, 5.74) is 4.76. The van der Waals surface area contributed by atoms with Gasteiger partial charge in [0.25, 0.3) is 0 Å². The fourth-order valence-electron chi connectivity index (χ4n) is 1.25. The van der Waals surface area contributed by atoms with Crippen LogP contribution in [0.2, 0.25) is 0 Å². The maximum Gasteiger partial charge on any atom is 0.416 e. The van der Waals surface area contributed by atoms with Crippen LogP contribution in [0.1, 0.15) is 12.5 Å². The van der Waals surface area contributed by atoms with Gasteiger partial charge in [0.1, 0.15) is 0 Å². The maximum atomic E-state index is 12.4. The highest BCUT2D eigenvalue weighted by atomic mass is 32.2. The van der Waals surface area contributed by atoms with Gasteiger partial charge in [-0.25, -0.2) is 0 Å². The summed E-state index contributed by atoms with van der Waals surface area (Å²) in [5, 5.41) is 2.59. The van der Waals surface area contributed by atoms with Crippen molar-refractivity contribution in [3.05, 3.63) is 23.8 Å². The van der Waals surface area contributed by atoms with E-state index in [2.05, 4.69) is 5.32 Å². The quantitative estimate of drug-likeness (QED) is 0.657. The van der Waals surface area contributed by atoms with E-state index in [-0.39, 0.29) is 17.3 Å². The first kappa shape index (κ1) is 14.7. The minimum atomic E-state index is -4.41. The Hall–Kier alpha value is -1.37. The molecule has 1 aromatic carbocycles. The second-order valence-electron chi connectivity index (χ2n) is 3.49. The number of nitrogens with one attached hydrogen (secondary N) is 1. The van der Waals surface area contributed by atoms with E-state index in [9.17, 15) is 18.0 Å². The van der Waals surface area contributed by atoms with Crippen molar-refractivity contribution < 1.29 is 18.0 Å². The van der Waals surface area contributed by atoms with E-state index in [1.165, 1.54) is 6.07 Å². The van der Waals surface area contributed by atoms with E-state index < -0.39 is 11.7 Å². The largest absolute Gasteiger partial charge is 0.416 e. The molecule has 0 atom stereocenters. The van der Waals surface area contributed by atoms with Crippen molar-refractivity contribution in [2.24, 2.45) is 0 Å². The molecule has 7 heteroatoms. The summed E-state index contributed by atoms with van der Waals surface area (Å²) in [6, 6.07) is 3.11. The van der Waals surface area contributed by atoms with Gasteiger partial charge >= 0.3 is 6.18 Å². The molecule has 1 aromatic rings. The molecular formula is C11H13F3N2OS. The SMILES string of the molecule is CCNC(=O)CSc1ccc(C(F)(F)F)cc1N. The van der Waals surface area contributed by atoms with Crippen molar-refractivity contribution in [1.29, 1.82) is 0 Å².